The van der Waals surface area contributed by atoms with Crippen LogP contribution in [0.15, 0.2) is 24.3 Å². The molecule has 22 heavy (non-hydrogen) atoms. The lowest BCUT2D eigenvalue weighted by molar-refractivity contribution is 0.180. The van der Waals surface area contributed by atoms with Gasteiger partial charge in [0.15, 0.2) is 0 Å². The fourth-order valence-electron chi connectivity index (χ4n) is 2.70. The highest BCUT2D eigenvalue weighted by molar-refractivity contribution is 7.89. The number of piperazine rings is 1. The second-order valence-corrected chi connectivity index (χ2v) is 7.75. The molecule has 0 amide bonds. The van der Waals surface area contributed by atoms with E-state index in [1.165, 1.54) is 0 Å². The van der Waals surface area contributed by atoms with Crippen molar-refractivity contribution in [3.63, 3.8) is 0 Å². The topological polar surface area (TPSA) is 49.9 Å². The summed E-state index contributed by atoms with van der Waals surface area (Å²) in [6.45, 7) is 5.52. The van der Waals surface area contributed by atoms with E-state index in [1.807, 2.05) is 25.1 Å². The largest absolute Gasteiger partial charge is 0.496 e. The lowest BCUT2D eigenvalue weighted by atomic mass is 10.2. The number of ether oxygens (including phenoxy) is 1. The summed E-state index contributed by atoms with van der Waals surface area (Å²) in [7, 11) is -1.39. The molecule has 2 rings (SSSR count). The minimum Gasteiger partial charge on any atom is -0.496 e. The van der Waals surface area contributed by atoms with Crippen molar-refractivity contribution in [1.82, 2.24) is 9.21 Å². The summed E-state index contributed by atoms with van der Waals surface area (Å²) in [5.74, 6) is 1.16. The van der Waals surface area contributed by atoms with Crippen molar-refractivity contribution in [2.75, 3.05) is 39.0 Å². The number of methoxy groups -OCH3 is 1. The van der Waals surface area contributed by atoms with Crippen molar-refractivity contribution in [1.29, 1.82) is 0 Å². The molecule has 6 heteroatoms. The molecule has 0 aliphatic carbocycles. The molecule has 1 aromatic rings. The highest BCUT2D eigenvalue weighted by atomic mass is 32.2. The molecular formula is C16H26N2O3S. The first kappa shape index (κ1) is 17.2. The molecule has 1 aromatic carbocycles. The highest BCUT2D eigenvalue weighted by Crippen LogP contribution is 2.20. The summed E-state index contributed by atoms with van der Waals surface area (Å²) in [5, 5.41) is 0. The number of rotatable bonds is 7. The van der Waals surface area contributed by atoms with Crippen molar-refractivity contribution in [3.8, 4) is 5.75 Å². The number of para-hydroxylation sites is 1. The average molecular weight is 326 g/mol. The molecule has 1 fully saturated rings. The van der Waals surface area contributed by atoms with Gasteiger partial charge in [-0.15, -0.1) is 0 Å². The van der Waals surface area contributed by atoms with E-state index in [4.69, 9.17) is 4.74 Å². The molecule has 5 nitrogen and oxygen atoms in total. The molecule has 0 saturated carbocycles. The monoisotopic (exact) mass is 326 g/mol. The molecular weight excluding hydrogens is 300 g/mol. The van der Waals surface area contributed by atoms with E-state index in [9.17, 15) is 8.42 Å². The van der Waals surface area contributed by atoms with Gasteiger partial charge in [-0.1, -0.05) is 31.5 Å². The van der Waals surface area contributed by atoms with Crippen LogP contribution in [0.2, 0.25) is 0 Å². The van der Waals surface area contributed by atoms with Gasteiger partial charge in [-0.25, -0.2) is 8.42 Å². The van der Waals surface area contributed by atoms with E-state index < -0.39 is 10.0 Å². The van der Waals surface area contributed by atoms with Gasteiger partial charge in [0, 0.05) is 38.3 Å². The Balaban J connectivity index is 1.90. The normalized spacial score (nSPS) is 17.5. The van der Waals surface area contributed by atoms with Crippen LogP contribution in [0.5, 0.6) is 5.75 Å². The van der Waals surface area contributed by atoms with E-state index in [0.717, 1.165) is 43.8 Å². The molecule has 1 aliphatic rings. The summed E-state index contributed by atoms with van der Waals surface area (Å²) < 4.78 is 31.4. The summed E-state index contributed by atoms with van der Waals surface area (Å²) in [6.07, 6.45) is 1.65. The Morgan fingerprint density at radius 3 is 2.45 bits per heavy atom. The van der Waals surface area contributed by atoms with Gasteiger partial charge in [0.05, 0.1) is 12.9 Å². The smallest absolute Gasteiger partial charge is 0.214 e. The zero-order chi connectivity index (χ0) is 16.0. The molecule has 0 N–H and O–H groups in total. The van der Waals surface area contributed by atoms with E-state index in [2.05, 4.69) is 11.0 Å². The number of hydrogen-bond donors (Lipinski definition) is 0. The number of unbranched alkanes of at least 4 members (excludes halogenated alkanes) is 1. The van der Waals surface area contributed by atoms with Crippen LogP contribution in [0.4, 0.5) is 0 Å². The Kier molecular flexibility index (Phi) is 6.23. The number of benzene rings is 1. The standard InChI is InChI=1S/C16H26N2O3S/c1-3-4-13-22(19,20)18-11-9-17(10-12-18)14-15-7-5-6-8-16(15)21-2/h5-8H,3-4,9-14H2,1-2H3. The first-order chi connectivity index (χ1) is 10.6. The van der Waals surface area contributed by atoms with Gasteiger partial charge in [-0.3, -0.25) is 4.90 Å². The molecule has 0 radical (unpaired) electrons. The summed E-state index contributed by atoms with van der Waals surface area (Å²) in [4.78, 5) is 2.28. The maximum absolute atomic E-state index is 12.2. The SMILES string of the molecule is CCCCS(=O)(=O)N1CCN(Cc2ccccc2OC)CC1. The van der Waals surface area contributed by atoms with Crippen LogP contribution < -0.4 is 4.74 Å². The zero-order valence-electron chi connectivity index (χ0n) is 13.5. The van der Waals surface area contributed by atoms with Gasteiger partial charge < -0.3 is 4.74 Å². The molecule has 0 aromatic heterocycles. The lowest BCUT2D eigenvalue weighted by Gasteiger charge is -2.34. The maximum atomic E-state index is 12.2. The molecule has 1 heterocycles. The molecule has 0 spiro atoms. The highest BCUT2D eigenvalue weighted by Gasteiger charge is 2.26. The number of nitrogens with zero attached hydrogens (tertiary/aromatic N) is 2. The Morgan fingerprint density at radius 1 is 1.14 bits per heavy atom. The number of hydrogen-bond acceptors (Lipinski definition) is 4. The Hall–Kier alpha value is -1.11. The van der Waals surface area contributed by atoms with Crippen LogP contribution in [0, 0.1) is 0 Å². The van der Waals surface area contributed by atoms with E-state index in [1.54, 1.807) is 11.4 Å². The van der Waals surface area contributed by atoms with E-state index in [0.29, 0.717) is 13.1 Å². The van der Waals surface area contributed by atoms with Crippen LogP contribution in [0.3, 0.4) is 0 Å². The first-order valence-corrected chi connectivity index (χ1v) is 9.50. The zero-order valence-corrected chi connectivity index (χ0v) is 14.3. The number of sulfonamides is 1. The van der Waals surface area contributed by atoms with Crippen molar-refractivity contribution in [2.24, 2.45) is 0 Å². The van der Waals surface area contributed by atoms with Crippen molar-refractivity contribution in [3.05, 3.63) is 29.8 Å². The van der Waals surface area contributed by atoms with E-state index >= 15 is 0 Å². The minimum absolute atomic E-state index is 0.274. The van der Waals surface area contributed by atoms with Gasteiger partial charge in [-0.2, -0.15) is 4.31 Å². The predicted octanol–water partition coefficient (Wildman–Crippen LogP) is 1.94. The van der Waals surface area contributed by atoms with Gasteiger partial charge >= 0.3 is 0 Å². The quantitative estimate of drug-likeness (QED) is 0.768. The molecule has 0 bridgehead atoms. The molecule has 0 atom stereocenters. The van der Waals surface area contributed by atoms with Crippen molar-refractivity contribution >= 4 is 10.0 Å². The third-order valence-corrected chi connectivity index (χ3v) is 6.02. The van der Waals surface area contributed by atoms with Crippen molar-refractivity contribution in [2.45, 2.75) is 26.3 Å². The molecule has 0 unspecified atom stereocenters. The fraction of sp³-hybridized carbons (Fsp3) is 0.625. The van der Waals surface area contributed by atoms with Crippen LogP contribution in [0.1, 0.15) is 25.3 Å². The van der Waals surface area contributed by atoms with Crippen LogP contribution in [0.25, 0.3) is 0 Å². The fourth-order valence-corrected chi connectivity index (χ4v) is 4.33. The lowest BCUT2D eigenvalue weighted by Crippen LogP contribution is -2.48. The van der Waals surface area contributed by atoms with Crippen LogP contribution in [-0.4, -0.2) is 56.7 Å². The second kappa shape index (κ2) is 7.94. The van der Waals surface area contributed by atoms with Crippen LogP contribution in [-0.2, 0) is 16.6 Å². The Bertz CT molecular complexity index is 567. The van der Waals surface area contributed by atoms with Gasteiger partial charge in [0.1, 0.15) is 5.75 Å². The Labute approximate surface area is 133 Å². The predicted molar refractivity (Wildman–Crippen MR) is 88.5 cm³/mol. The second-order valence-electron chi connectivity index (χ2n) is 5.66. The van der Waals surface area contributed by atoms with Crippen LogP contribution >= 0.6 is 0 Å². The van der Waals surface area contributed by atoms with Gasteiger partial charge in [-0.05, 0) is 12.5 Å². The molecule has 1 aliphatic heterocycles. The minimum atomic E-state index is -3.07. The molecule has 124 valence electrons. The third-order valence-electron chi connectivity index (χ3n) is 4.07. The van der Waals surface area contributed by atoms with Gasteiger partial charge in [0.2, 0.25) is 10.0 Å². The van der Waals surface area contributed by atoms with Crippen molar-refractivity contribution < 1.29 is 13.2 Å². The first-order valence-electron chi connectivity index (χ1n) is 7.89. The Morgan fingerprint density at radius 2 is 1.82 bits per heavy atom. The maximum Gasteiger partial charge on any atom is 0.214 e. The molecule has 1 saturated heterocycles. The van der Waals surface area contributed by atoms with E-state index in [-0.39, 0.29) is 5.75 Å². The average Bonchev–Trinajstić information content (AvgIpc) is 2.54. The summed E-state index contributed by atoms with van der Waals surface area (Å²) in [6, 6.07) is 7.98. The summed E-state index contributed by atoms with van der Waals surface area (Å²) in [5.41, 5.74) is 1.15. The summed E-state index contributed by atoms with van der Waals surface area (Å²) >= 11 is 0. The van der Waals surface area contributed by atoms with Gasteiger partial charge in [0.25, 0.3) is 0 Å². The third kappa shape index (κ3) is 4.44.